The van der Waals surface area contributed by atoms with Gasteiger partial charge in [0, 0.05) is 36.7 Å². The first kappa shape index (κ1) is 17.3. The molecule has 3 amide bonds. The van der Waals surface area contributed by atoms with Crippen LogP contribution in [0.2, 0.25) is 0 Å². The van der Waals surface area contributed by atoms with E-state index in [4.69, 9.17) is 0 Å². The van der Waals surface area contributed by atoms with E-state index in [2.05, 4.69) is 21.2 Å². The van der Waals surface area contributed by atoms with Crippen molar-refractivity contribution in [2.45, 2.75) is 38.1 Å². The molecule has 0 aromatic heterocycles. The molecule has 130 valence electrons. The lowest BCUT2D eigenvalue weighted by Gasteiger charge is -2.35. The highest BCUT2D eigenvalue weighted by atomic mass is 79.9. The van der Waals surface area contributed by atoms with E-state index in [1.54, 1.807) is 0 Å². The van der Waals surface area contributed by atoms with E-state index in [0.717, 1.165) is 55.4 Å². The predicted octanol–water partition coefficient (Wildman–Crippen LogP) is 2.79. The molecule has 1 aromatic rings. The van der Waals surface area contributed by atoms with Gasteiger partial charge in [-0.1, -0.05) is 28.1 Å². The Hall–Kier alpha value is -1.56. The highest BCUT2D eigenvalue weighted by Gasteiger charge is 2.29. The summed E-state index contributed by atoms with van der Waals surface area (Å²) in [5.74, 6) is 0.0257. The summed E-state index contributed by atoms with van der Waals surface area (Å²) in [6, 6.07) is 7.99. The molecule has 2 fully saturated rings. The molecule has 24 heavy (non-hydrogen) atoms. The fourth-order valence-electron chi connectivity index (χ4n) is 3.44. The summed E-state index contributed by atoms with van der Waals surface area (Å²) in [5.41, 5.74) is 0.997. The van der Waals surface area contributed by atoms with Crippen LogP contribution in [-0.4, -0.2) is 54.0 Å². The maximum absolute atomic E-state index is 12.5. The van der Waals surface area contributed by atoms with Crippen molar-refractivity contribution in [2.24, 2.45) is 0 Å². The maximum Gasteiger partial charge on any atom is 0.320 e. The van der Waals surface area contributed by atoms with Crippen molar-refractivity contribution in [3.05, 3.63) is 34.3 Å². The molecule has 0 bridgehead atoms. The minimum absolute atomic E-state index is 0.0257. The molecule has 0 saturated carbocycles. The van der Waals surface area contributed by atoms with Crippen LogP contribution < -0.4 is 5.32 Å². The molecule has 1 N–H and O–H groups in total. The average Bonchev–Trinajstić information content (AvgIpc) is 3.11. The molecule has 0 spiro atoms. The number of nitrogens with zero attached hydrogens (tertiary/aromatic N) is 2. The van der Waals surface area contributed by atoms with Gasteiger partial charge in [-0.15, -0.1) is 0 Å². The van der Waals surface area contributed by atoms with Crippen molar-refractivity contribution in [3.63, 3.8) is 0 Å². The lowest BCUT2D eigenvalue weighted by Crippen LogP contribution is -2.52. The van der Waals surface area contributed by atoms with E-state index in [1.807, 2.05) is 34.1 Å². The first-order valence-corrected chi connectivity index (χ1v) is 9.49. The van der Waals surface area contributed by atoms with Gasteiger partial charge in [-0.3, -0.25) is 4.79 Å². The second-order valence-corrected chi connectivity index (χ2v) is 7.55. The summed E-state index contributed by atoms with van der Waals surface area (Å²) < 4.78 is 1.01. The monoisotopic (exact) mass is 393 g/mol. The van der Waals surface area contributed by atoms with Gasteiger partial charge in [0.15, 0.2) is 0 Å². The number of hydrogen-bond acceptors (Lipinski definition) is 2. The second-order valence-electron chi connectivity index (χ2n) is 6.63. The first-order chi connectivity index (χ1) is 11.6. The zero-order valence-electron chi connectivity index (χ0n) is 13.8. The molecule has 6 heteroatoms. The summed E-state index contributed by atoms with van der Waals surface area (Å²) in [5, 5.41) is 3.09. The first-order valence-electron chi connectivity index (χ1n) is 8.69. The molecule has 1 atom stereocenters. The number of piperidine rings is 1. The van der Waals surface area contributed by atoms with Crippen LogP contribution >= 0.6 is 15.9 Å². The van der Waals surface area contributed by atoms with Crippen LogP contribution in [0.5, 0.6) is 0 Å². The molecular weight excluding hydrogens is 370 g/mol. The lowest BCUT2D eigenvalue weighted by atomic mass is 10.1. The Kier molecular flexibility index (Phi) is 5.76. The Balaban J connectivity index is 1.50. The quantitative estimate of drug-likeness (QED) is 0.857. The van der Waals surface area contributed by atoms with Crippen molar-refractivity contribution in [2.75, 3.05) is 26.2 Å². The summed E-state index contributed by atoms with van der Waals surface area (Å²) in [4.78, 5) is 28.6. The molecular formula is C18H24BrN3O2. The number of nitrogens with one attached hydrogen (secondary N) is 1. The molecule has 5 nitrogen and oxygen atoms in total. The van der Waals surface area contributed by atoms with Crippen LogP contribution in [0.25, 0.3) is 0 Å². The van der Waals surface area contributed by atoms with E-state index in [1.165, 1.54) is 0 Å². The van der Waals surface area contributed by atoms with Gasteiger partial charge in [-0.25, -0.2) is 4.79 Å². The van der Waals surface area contributed by atoms with Crippen molar-refractivity contribution in [1.82, 2.24) is 15.1 Å². The average molecular weight is 394 g/mol. The topological polar surface area (TPSA) is 52.7 Å². The molecule has 3 rings (SSSR count). The lowest BCUT2D eigenvalue weighted by molar-refractivity contribution is -0.121. The van der Waals surface area contributed by atoms with Gasteiger partial charge >= 0.3 is 6.03 Å². The second kappa shape index (κ2) is 8.01. The smallest absolute Gasteiger partial charge is 0.320 e. The summed E-state index contributed by atoms with van der Waals surface area (Å²) in [6.45, 7) is 3.17. The number of halogens is 1. The standard InChI is InChI=1S/C18H24BrN3O2/c19-15-7-5-14(6-8-15)12-17(23)20-16-4-3-11-22(13-16)18(24)21-9-1-2-10-21/h5-8,16H,1-4,9-13H2,(H,20,23). The van der Waals surface area contributed by atoms with Crippen LogP contribution in [0.4, 0.5) is 4.79 Å². The van der Waals surface area contributed by atoms with Crippen molar-refractivity contribution < 1.29 is 9.59 Å². The van der Waals surface area contributed by atoms with Crippen molar-refractivity contribution in [3.8, 4) is 0 Å². The number of carbonyl (C=O) groups is 2. The van der Waals surface area contributed by atoms with E-state index < -0.39 is 0 Å². The fourth-order valence-corrected chi connectivity index (χ4v) is 3.71. The molecule has 2 aliphatic heterocycles. The highest BCUT2D eigenvalue weighted by Crippen LogP contribution is 2.16. The number of hydrogen-bond donors (Lipinski definition) is 1. The minimum atomic E-state index is 0.0257. The third-order valence-electron chi connectivity index (χ3n) is 4.71. The van der Waals surface area contributed by atoms with E-state index in [0.29, 0.717) is 13.0 Å². The van der Waals surface area contributed by atoms with Crippen LogP contribution in [0.15, 0.2) is 28.7 Å². The summed E-state index contributed by atoms with van der Waals surface area (Å²) in [7, 11) is 0. The van der Waals surface area contributed by atoms with Crippen molar-refractivity contribution in [1.29, 1.82) is 0 Å². The largest absolute Gasteiger partial charge is 0.351 e. The summed E-state index contributed by atoms with van der Waals surface area (Å²) >= 11 is 3.40. The number of amides is 3. The van der Waals surface area contributed by atoms with E-state index in [-0.39, 0.29) is 18.0 Å². The maximum atomic E-state index is 12.5. The fraction of sp³-hybridized carbons (Fsp3) is 0.556. The van der Waals surface area contributed by atoms with Crippen molar-refractivity contribution >= 4 is 27.9 Å². The summed E-state index contributed by atoms with van der Waals surface area (Å²) in [6.07, 6.45) is 4.47. The van der Waals surface area contributed by atoms with E-state index >= 15 is 0 Å². The Morgan fingerprint density at radius 2 is 1.71 bits per heavy atom. The SMILES string of the molecule is O=C(Cc1ccc(Br)cc1)NC1CCCN(C(=O)N2CCCC2)C1. The van der Waals surface area contributed by atoms with Crippen LogP contribution in [-0.2, 0) is 11.2 Å². The molecule has 2 heterocycles. The Morgan fingerprint density at radius 3 is 2.42 bits per heavy atom. The number of likely N-dealkylation sites (tertiary alicyclic amines) is 2. The number of urea groups is 1. The predicted molar refractivity (Wildman–Crippen MR) is 96.8 cm³/mol. The van der Waals surface area contributed by atoms with Gasteiger partial charge in [0.1, 0.15) is 0 Å². The molecule has 0 radical (unpaired) electrons. The van der Waals surface area contributed by atoms with E-state index in [9.17, 15) is 9.59 Å². The minimum Gasteiger partial charge on any atom is -0.351 e. The van der Waals surface area contributed by atoms with Crippen LogP contribution in [0.3, 0.4) is 0 Å². The highest BCUT2D eigenvalue weighted by molar-refractivity contribution is 9.10. The third-order valence-corrected chi connectivity index (χ3v) is 5.24. The molecule has 1 unspecified atom stereocenters. The number of carbonyl (C=O) groups excluding carboxylic acids is 2. The normalized spacial score (nSPS) is 21.0. The van der Waals surface area contributed by atoms with Gasteiger partial charge in [-0.2, -0.15) is 0 Å². The number of benzene rings is 1. The Labute approximate surface area is 151 Å². The van der Waals surface area contributed by atoms with Crippen LogP contribution in [0.1, 0.15) is 31.2 Å². The molecule has 0 aliphatic carbocycles. The molecule has 2 saturated heterocycles. The third kappa shape index (κ3) is 4.50. The van der Waals surface area contributed by atoms with Gasteiger partial charge < -0.3 is 15.1 Å². The molecule has 1 aromatic carbocycles. The number of rotatable bonds is 3. The van der Waals surface area contributed by atoms with Crippen LogP contribution in [0, 0.1) is 0 Å². The van der Waals surface area contributed by atoms with Gasteiger partial charge in [0.2, 0.25) is 5.91 Å². The van der Waals surface area contributed by atoms with Gasteiger partial charge in [0.05, 0.1) is 6.42 Å². The molecule has 2 aliphatic rings. The van der Waals surface area contributed by atoms with Gasteiger partial charge in [0.25, 0.3) is 0 Å². The zero-order valence-corrected chi connectivity index (χ0v) is 15.4. The zero-order chi connectivity index (χ0) is 16.9. The van der Waals surface area contributed by atoms with Gasteiger partial charge in [-0.05, 0) is 43.4 Å². The Bertz CT molecular complexity index is 584. The Morgan fingerprint density at radius 1 is 1.04 bits per heavy atom.